The number of rotatable bonds is 7. The van der Waals surface area contributed by atoms with Crippen LogP contribution in [-0.4, -0.2) is 42.8 Å². The van der Waals surface area contributed by atoms with Gasteiger partial charge in [-0.15, -0.1) is 11.3 Å². The molecule has 2 heterocycles. The number of halogens is 1. The summed E-state index contributed by atoms with van der Waals surface area (Å²) in [6, 6.07) is 6.03. The van der Waals surface area contributed by atoms with E-state index in [-0.39, 0.29) is 0 Å². The fourth-order valence-electron chi connectivity index (χ4n) is 3.14. The molecule has 6 heteroatoms. The minimum atomic E-state index is 0.422. The molecule has 26 heavy (non-hydrogen) atoms. The first-order valence-corrected chi connectivity index (χ1v) is 10.8. The molecule has 1 aromatic carbocycles. The average Bonchev–Trinajstić information content (AvgIpc) is 3.09. The second kappa shape index (κ2) is 9.31. The average molecular weight is 439 g/mol. The Morgan fingerprint density at radius 2 is 2.08 bits per heavy atom. The fourth-order valence-corrected chi connectivity index (χ4v) is 4.33. The van der Waals surface area contributed by atoms with E-state index in [0.29, 0.717) is 12.0 Å². The minimum Gasteiger partial charge on any atom is -0.496 e. The van der Waals surface area contributed by atoms with Gasteiger partial charge in [-0.1, -0.05) is 29.8 Å². The minimum absolute atomic E-state index is 0.422. The van der Waals surface area contributed by atoms with E-state index in [0.717, 1.165) is 65.6 Å². The van der Waals surface area contributed by atoms with Gasteiger partial charge in [-0.05, 0) is 37.0 Å². The summed E-state index contributed by atoms with van der Waals surface area (Å²) >= 11 is 5.22. The van der Waals surface area contributed by atoms with E-state index in [4.69, 9.17) is 14.5 Å². The Labute approximate surface area is 168 Å². The van der Waals surface area contributed by atoms with E-state index in [1.807, 2.05) is 12.1 Å². The molecule has 1 saturated heterocycles. The number of aromatic nitrogens is 1. The van der Waals surface area contributed by atoms with Gasteiger partial charge in [0.15, 0.2) is 0 Å². The number of ether oxygens (including phenoxy) is 2. The Bertz CT molecular complexity index is 712. The zero-order valence-electron chi connectivity index (χ0n) is 15.7. The number of hydrogen-bond acceptors (Lipinski definition) is 5. The van der Waals surface area contributed by atoms with Crippen LogP contribution >= 0.6 is 27.3 Å². The van der Waals surface area contributed by atoms with E-state index in [1.165, 1.54) is 0 Å². The van der Waals surface area contributed by atoms with Crippen LogP contribution in [0.5, 0.6) is 5.75 Å². The predicted octanol–water partition coefficient (Wildman–Crippen LogP) is 5.22. The standard InChI is InChI=1S/C20H27BrN2O2S/c1-14(2)12-25-17-6-8-23(9-7-17)11-16-13-26-20(22-16)18-10-15(21)4-5-19(18)24-3/h4-5,10,13-14,17H,6-9,11-12H2,1-3H3. The third kappa shape index (κ3) is 5.28. The second-order valence-electron chi connectivity index (χ2n) is 7.19. The largest absolute Gasteiger partial charge is 0.496 e. The molecule has 1 aliphatic rings. The zero-order valence-corrected chi connectivity index (χ0v) is 18.1. The predicted molar refractivity (Wildman–Crippen MR) is 111 cm³/mol. The molecule has 2 aromatic rings. The van der Waals surface area contributed by atoms with Crippen molar-refractivity contribution in [3.8, 4) is 16.3 Å². The summed E-state index contributed by atoms with van der Waals surface area (Å²) in [7, 11) is 1.70. The Kier molecular flexibility index (Phi) is 7.09. The van der Waals surface area contributed by atoms with Crippen LogP contribution in [0.4, 0.5) is 0 Å². The van der Waals surface area contributed by atoms with Crippen molar-refractivity contribution in [2.24, 2.45) is 5.92 Å². The molecule has 3 rings (SSSR count). The maximum atomic E-state index is 5.98. The Hall–Kier alpha value is -0.950. The summed E-state index contributed by atoms with van der Waals surface area (Å²) < 4.78 is 12.5. The number of likely N-dealkylation sites (tertiary alicyclic amines) is 1. The van der Waals surface area contributed by atoms with Gasteiger partial charge >= 0.3 is 0 Å². The molecule has 0 radical (unpaired) electrons. The van der Waals surface area contributed by atoms with Gasteiger partial charge < -0.3 is 9.47 Å². The van der Waals surface area contributed by atoms with Gasteiger partial charge in [0.25, 0.3) is 0 Å². The van der Waals surface area contributed by atoms with Crippen LogP contribution in [0, 0.1) is 5.92 Å². The van der Waals surface area contributed by atoms with Crippen LogP contribution in [0.15, 0.2) is 28.1 Å². The number of methoxy groups -OCH3 is 1. The van der Waals surface area contributed by atoms with Crippen LogP contribution < -0.4 is 4.74 Å². The van der Waals surface area contributed by atoms with Gasteiger partial charge in [-0.3, -0.25) is 4.90 Å². The van der Waals surface area contributed by atoms with Crippen LogP contribution in [0.1, 0.15) is 32.4 Å². The van der Waals surface area contributed by atoms with Crippen molar-refractivity contribution >= 4 is 27.3 Å². The number of hydrogen-bond donors (Lipinski definition) is 0. The van der Waals surface area contributed by atoms with Crippen LogP contribution in [-0.2, 0) is 11.3 Å². The van der Waals surface area contributed by atoms with Crippen molar-refractivity contribution in [1.82, 2.24) is 9.88 Å². The summed E-state index contributed by atoms with van der Waals surface area (Å²) in [6.07, 6.45) is 2.65. The van der Waals surface area contributed by atoms with Crippen molar-refractivity contribution < 1.29 is 9.47 Å². The molecule has 1 fully saturated rings. The first kappa shape index (κ1) is 19.8. The lowest BCUT2D eigenvalue weighted by molar-refractivity contribution is -0.00600. The van der Waals surface area contributed by atoms with Crippen molar-refractivity contribution in [2.75, 3.05) is 26.8 Å². The number of piperidine rings is 1. The highest BCUT2D eigenvalue weighted by Gasteiger charge is 2.21. The van der Waals surface area contributed by atoms with Gasteiger partial charge in [0.1, 0.15) is 10.8 Å². The van der Waals surface area contributed by atoms with E-state index in [2.05, 4.69) is 46.1 Å². The topological polar surface area (TPSA) is 34.6 Å². The fraction of sp³-hybridized carbons (Fsp3) is 0.550. The SMILES string of the molecule is COc1ccc(Br)cc1-c1nc(CN2CCC(OCC(C)C)CC2)cs1. The molecule has 0 bridgehead atoms. The molecule has 0 atom stereocenters. The van der Waals surface area contributed by atoms with E-state index in [9.17, 15) is 0 Å². The van der Waals surface area contributed by atoms with Crippen molar-refractivity contribution in [3.63, 3.8) is 0 Å². The summed E-state index contributed by atoms with van der Waals surface area (Å²) in [5.74, 6) is 1.47. The molecule has 0 spiro atoms. The highest BCUT2D eigenvalue weighted by molar-refractivity contribution is 9.10. The van der Waals surface area contributed by atoms with Crippen molar-refractivity contribution in [1.29, 1.82) is 0 Å². The summed E-state index contributed by atoms with van der Waals surface area (Å²) in [5.41, 5.74) is 2.17. The molecule has 4 nitrogen and oxygen atoms in total. The monoisotopic (exact) mass is 438 g/mol. The third-order valence-electron chi connectivity index (χ3n) is 4.53. The van der Waals surface area contributed by atoms with Gasteiger partial charge in [-0.25, -0.2) is 4.98 Å². The first-order valence-electron chi connectivity index (χ1n) is 9.17. The van der Waals surface area contributed by atoms with Gasteiger partial charge in [0.2, 0.25) is 0 Å². The molecule has 1 aliphatic heterocycles. The lowest BCUT2D eigenvalue weighted by atomic mass is 10.1. The molecule has 1 aromatic heterocycles. The summed E-state index contributed by atoms with van der Waals surface area (Å²) in [6.45, 7) is 8.34. The Balaban J connectivity index is 1.57. The maximum Gasteiger partial charge on any atom is 0.129 e. The van der Waals surface area contributed by atoms with Crippen LogP contribution in [0.3, 0.4) is 0 Å². The first-order chi connectivity index (χ1) is 12.5. The second-order valence-corrected chi connectivity index (χ2v) is 8.97. The molecular weight excluding hydrogens is 412 g/mol. The summed E-state index contributed by atoms with van der Waals surface area (Å²) in [5, 5.41) is 3.17. The van der Waals surface area contributed by atoms with E-state index >= 15 is 0 Å². The molecule has 142 valence electrons. The number of nitrogens with zero attached hydrogens (tertiary/aromatic N) is 2. The van der Waals surface area contributed by atoms with E-state index < -0.39 is 0 Å². The maximum absolute atomic E-state index is 5.98. The molecule has 0 unspecified atom stereocenters. The Morgan fingerprint density at radius 3 is 2.77 bits per heavy atom. The highest BCUT2D eigenvalue weighted by atomic mass is 79.9. The van der Waals surface area contributed by atoms with Crippen LogP contribution in [0.2, 0.25) is 0 Å². The lowest BCUT2D eigenvalue weighted by Gasteiger charge is -2.31. The molecule has 0 saturated carbocycles. The van der Waals surface area contributed by atoms with E-state index in [1.54, 1.807) is 18.4 Å². The number of thiazole rings is 1. The molecule has 0 aliphatic carbocycles. The molecule has 0 amide bonds. The van der Waals surface area contributed by atoms with Gasteiger partial charge in [-0.2, -0.15) is 0 Å². The normalized spacial score (nSPS) is 16.3. The van der Waals surface area contributed by atoms with Gasteiger partial charge in [0.05, 0.1) is 24.5 Å². The summed E-state index contributed by atoms with van der Waals surface area (Å²) in [4.78, 5) is 7.33. The number of benzene rings is 1. The zero-order chi connectivity index (χ0) is 18.5. The smallest absolute Gasteiger partial charge is 0.129 e. The van der Waals surface area contributed by atoms with Crippen molar-refractivity contribution in [3.05, 3.63) is 33.7 Å². The van der Waals surface area contributed by atoms with Gasteiger partial charge in [0, 0.05) is 36.1 Å². The third-order valence-corrected chi connectivity index (χ3v) is 5.95. The molecule has 0 N–H and O–H groups in total. The van der Waals surface area contributed by atoms with Crippen LogP contribution in [0.25, 0.3) is 10.6 Å². The quantitative estimate of drug-likeness (QED) is 0.593. The highest BCUT2D eigenvalue weighted by Crippen LogP contribution is 2.34. The molecular formula is C20H27BrN2O2S. The van der Waals surface area contributed by atoms with Crippen molar-refractivity contribution in [2.45, 2.75) is 39.3 Å². The lowest BCUT2D eigenvalue weighted by Crippen LogP contribution is -2.37. The Morgan fingerprint density at radius 1 is 1.31 bits per heavy atom.